The predicted molar refractivity (Wildman–Crippen MR) is 134 cm³/mol. The van der Waals surface area contributed by atoms with Crippen LogP contribution < -0.4 is 5.32 Å². The van der Waals surface area contributed by atoms with Gasteiger partial charge in [-0.2, -0.15) is 0 Å². The molecule has 0 atom stereocenters. The standard InChI is InChI=1S/C28H28N2O5/c1-17(2)30(15-26(31)32)27(33)19-13-12-18(3)25(14-19)29-28(34)35-16-24-22-10-6-4-8-20(22)21-9-5-7-11-23(21)24/h4-14,17,24H,15-16H2,1-3H3,(H,29,34)(H,31,32). The Morgan fingerprint density at radius 2 is 1.57 bits per heavy atom. The topological polar surface area (TPSA) is 95.9 Å². The number of amides is 2. The zero-order chi connectivity index (χ0) is 25.1. The monoisotopic (exact) mass is 472 g/mol. The Morgan fingerprint density at radius 3 is 2.14 bits per heavy atom. The van der Waals surface area contributed by atoms with Crippen LogP contribution in [0.4, 0.5) is 10.5 Å². The molecule has 0 saturated carbocycles. The van der Waals surface area contributed by atoms with E-state index < -0.39 is 24.5 Å². The molecule has 1 aliphatic rings. The van der Waals surface area contributed by atoms with Gasteiger partial charge in [0.05, 0.1) is 0 Å². The molecule has 0 aromatic heterocycles. The summed E-state index contributed by atoms with van der Waals surface area (Å²) in [6.45, 7) is 5.09. The van der Waals surface area contributed by atoms with Crippen LogP contribution >= 0.6 is 0 Å². The summed E-state index contributed by atoms with van der Waals surface area (Å²) in [4.78, 5) is 38.1. The Morgan fingerprint density at radius 1 is 0.971 bits per heavy atom. The van der Waals surface area contributed by atoms with Crippen molar-refractivity contribution in [2.24, 2.45) is 0 Å². The first kappa shape index (κ1) is 24.0. The number of benzene rings is 3. The highest BCUT2D eigenvalue weighted by atomic mass is 16.5. The number of anilines is 1. The summed E-state index contributed by atoms with van der Waals surface area (Å²) in [5.74, 6) is -1.56. The summed E-state index contributed by atoms with van der Waals surface area (Å²) in [6.07, 6.45) is -0.620. The lowest BCUT2D eigenvalue weighted by atomic mass is 9.98. The summed E-state index contributed by atoms with van der Waals surface area (Å²) in [6, 6.07) is 20.8. The normalized spacial score (nSPS) is 12.1. The molecule has 2 N–H and O–H groups in total. The molecule has 3 aromatic rings. The number of rotatable bonds is 7. The van der Waals surface area contributed by atoms with Crippen LogP contribution in [0.5, 0.6) is 0 Å². The molecule has 7 heteroatoms. The Kier molecular flexibility index (Phi) is 6.87. The minimum absolute atomic E-state index is 0.0576. The smallest absolute Gasteiger partial charge is 0.411 e. The first-order valence-electron chi connectivity index (χ1n) is 11.5. The number of nitrogens with one attached hydrogen (secondary N) is 1. The Balaban J connectivity index is 1.47. The van der Waals surface area contributed by atoms with Crippen LogP contribution in [0.3, 0.4) is 0 Å². The molecule has 0 saturated heterocycles. The van der Waals surface area contributed by atoms with Crippen molar-refractivity contribution in [1.82, 2.24) is 4.90 Å². The van der Waals surface area contributed by atoms with E-state index in [1.54, 1.807) is 32.0 Å². The summed E-state index contributed by atoms with van der Waals surface area (Å²) < 4.78 is 5.61. The van der Waals surface area contributed by atoms with Crippen LogP contribution in [-0.4, -0.2) is 47.2 Å². The number of carbonyl (C=O) groups is 3. The van der Waals surface area contributed by atoms with Gasteiger partial charge in [-0.3, -0.25) is 14.9 Å². The van der Waals surface area contributed by atoms with E-state index in [2.05, 4.69) is 29.6 Å². The van der Waals surface area contributed by atoms with E-state index >= 15 is 0 Å². The van der Waals surface area contributed by atoms with Crippen molar-refractivity contribution in [3.05, 3.63) is 89.0 Å². The fourth-order valence-electron chi connectivity index (χ4n) is 4.43. The van der Waals surface area contributed by atoms with Gasteiger partial charge in [0, 0.05) is 23.2 Å². The van der Waals surface area contributed by atoms with Crippen LogP contribution in [0.1, 0.15) is 46.8 Å². The van der Waals surface area contributed by atoms with Crippen LogP contribution in [0.25, 0.3) is 11.1 Å². The molecule has 0 unspecified atom stereocenters. The van der Waals surface area contributed by atoms with Crippen molar-refractivity contribution < 1.29 is 24.2 Å². The lowest BCUT2D eigenvalue weighted by molar-refractivity contribution is -0.138. The second-order valence-corrected chi connectivity index (χ2v) is 8.90. The average molecular weight is 473 g/mol. The second-order valence-electron chi connectivity index (χ2n) is 8.90. The van der Waals surface area contributed by atoms with Crippen molar-refractivity contribution in [2.75, 3.05) is 18.5 Å². The number of carboxylic acid groups (broad SMARTS) is 1. The minimum atomic E-state index is -1.09. The highest BCUT2D eigenvalue weighted by Gasteiger charge is 2.29. The third kappa shape index (κ3) is 5.04. The van der Waals surface area contributed by atoms with Gasteiger partial charge in [-0.25, -0.2) is 4.79 Å². The maximum absolute atomic E-state index is 12.9. The predicted octanol–water partition coefficient (Wildman–Crippen LogP) is 5.29. The molecule has 0 fully saturated rings. The molecule has 0 spiro atoms. The van der Waals surface area contributed by atoms with E-state index in [-0.39, 0.29) is 18.6 Å². The number of aliphatic carboxylic acids is 1. The fourth-order valence-corrected chi connectivity index (χ4v) is 4.43. The Hall–Kier alpha value is -4.13. The molecule has 0 heterocycles. The van der Waals surface area contributed by atoms with Gasteiger partial charge in [-0.1, -0.05) is 54.6 Å². The number of carboxylic acids is 1. The molecule has 1 aliphatic carbocycles. The molecule has 4 rings (SSSR count). The first-order chi connectivity index (χ1) is 16.8. The van der Waals surface area contributed by atoms with Crippen molar-refractivity contribution in [3.63, 3.8) is 0 Å². The summed E-state index contributed by atoms with van der Waals surface area (Å²) in [7, 11) is 0. The van der Waals surface area contributed by atoms with E-state index in [0.717, 1.165) is 27.8 Å². The number of aryl methyl sites for hydroxylation is 1. The van der Waals surface area contributed by atoms with Crippen molar-refractivity contribution >= 4 is 23.7 Å². The number of carbonyl (C=O) groups excluding carboxylic acids is 2. The molecule has 180 valence electrons. The number of ether oxygens (including phenoxy) is 1. The summed E-state index contributed by atoms with van der Waals surface area (Å²) >= 11 is 0. The van der Waals surface area contributed by atoms with E-state index in [1.165, 1.54) is 4.90 Å². The van der Waals surface area contributed by atoms with Crippen LogP contribution in [-0.2, 0) is 9.53 Å². The summed E-state index contributed by atoms with van der Waals surface area (Å²) in [5, 5.41) is 11.9. The molecule has 2 amide bonds. The van der Waals surface area contributed by atoms with E-state index in [9.17, 15) is 14.4 Å². The zero-order valence-electron chi connectivity index (χ0n) is 19.9. The highest BCUT2D eigenvalue weighted by molar-refractivity contribution is 5.98. The number of nitrogens with zero attached hydrogens (tertiary/aromatic N) is 1. The van der Waals surface area contributed by atoms with E-state index in [0.29, 0.717) is 11.3 Å². The largest absolute Gasteiger partial charge is 0.480 e. The van der Waals surface area contributed by atoms with Crippen molar-refractivity contribution in [2.45, 2.75) is 32.7 Å². The zero-order valence-corrected chi connectivity index (χ0v) is 19.9. The maximum Gasteiger partial charge on any atom is 0.411 e. The minimum Gasteiger partial charge on any atom is -0.480 e. The molecular weight excluding hydrogens is 444 g/mol. The molecule has 0 aliphatic heterocycles. The number of hydrogen-bond acceptors (Lipinski definition) is 4. The molecule has 35 heavy (non-hydrogen) atoms. The third-order valence-electron chi connectivity index (χ3n) is 6.25. The van der Waals surface area contributed by atoms with Gasteiger partial charge in [0.2, 0.25) is 0 Å². The first-order valence-corrected chi connectivity index (χ1v) is 11.5. The summed E-state index contributed by atoms with van der Waals surface area (Å²) in [5.41, 5.74) is 6.02. The SMILES string of the molecule is Cc1ccc(C(=O)N(CC(=O)O)C(C)C)cc1NC(=O)OCC1c2ccccc2-c2ccccc21. The van der Waals surface area contributed by atoms with Crippen LogP contribution in [0.2, 0.25) is 0 Å². The van der Waals surface area contributed by atoms with Gasteiger partial charge in [0.25, 0.3) is 5.91 Å². The second kappa shape index (κ2) is 10.0. The van der Waals surface area contributed by atoms with Gasteiger partial charge in [-0.05, 0) is 60.7 Å². The molecule has 7 nitrogen and oxygen atoms in total. The fraction of sp³-hybridized carbons (Fsp3) is 0.250. The molecule has 0 radical (unpaired) electrons. The molecule has 3 aromatic carbocycles. The maximum atomic E-state index is 12.9. The Labute approximate surface area is 204 Å². The lowest BCUT2D eigenvalue weighted by Gasteiger charge is -2.25. The van der Waals surface area contributed by atoms with Crippen LogP contribution in [0.15, 0.2) is 66.7 Å². The highest BCUT2D eigenvalue weighted by Crippen LogP contribution is 2.44. The van der Waals surface area contributed by atoms with Gasteiger partial charge in [-0.15, -0.1) is 0 Å². The van der Waals surface area contributed by atoms with E-state index in [4.69, 9.17) is 9.84 Å². The number of fused-ring (bicyclic) bond motifs is 3. The van der Waals surface area contributed by atoms with Gasteiger partial charge < -0.3 is 14.7 Å². The third-order valence-corrected chi connectivity index (χ3v) is 6.25. The molecule has 0 bridgehead atoms. The van der Waals surface area contributed by atoms with Crippen LogP contribution in [0, 0.1) is 6.92 Å². The van der Waals surface area contributed by atoms with Gasteiger partial charge in [0.15, 0.2) is 0 Å². The lowest BCUT2D eigenvalue weighted by Crippen LogP contribution is -2.40. The van der Waals surface area contributed by atoms with Crippen molar-refractivity contribution in [3.8, 4) is 11.1 Å². The average Bonchev–Trinajstić information content (AvgIpc) is 3.15. The Bertz CT molecular complexity index is 1240. The van der Waals surface area contributed by atoms with E-state index in [1.807, 2.05) is 31.2 Å². The van der Waals surface area contributed by atoms with Gasteiger partial charge in [0.1, 0.15) is 13.2 Å². The molecular formula is C28H28N2O5. The van der Waals surface area contributed by atoms with Crippen molar-refractivity contribution in [1.29, 1.82) is 0 Å². The quantitative estimate of drug-likeness (QED) is 0.487. The number of hydrogen-bond donors (Lipinski definition) is 2. The van der Waals surface area contributed by atoms with Gasteiger partial charge >= 0.3 is 12.1 Å².